The van der Waals surface area contributed by atoms with E-state index in [2.05, 4.69) is 25.4 Å². The summed E-state index contributed by atoms with van der Waals surface area (Å²) in [4.78, 5) is 10.9. The highest BCUT2D eigenvalue weighted by Gasteiger charge is 2.15. The smallest absolute Gasteiger partial charge is 0.319 e. The Labute approximate surface area is 84.6 Å². The van der Waals surface area contributed by atoms with Gasteiger partial charge >= 0.3 is 5.97 Å². The highest BCUT2D eigenvalue weighted by Crippen LogP contribution is 2.19. The summed E-state index contributed by atoms with van der Waals surface area (Å²) in [5.41, 5.74) is 0. The second kappa shape index (κ2) is 6.27. The van der Waals surface area contributed by atoms with Crippen molar-refractivity contribution in [2.24, 2.45) is 0 Å². The fourth-order valence-corrected chi connectivity index (χ4v) is 0.996. The van der Waals surface area contributed by atoms with Crippen LogP contribution in [0.4, 0.5) is 0 Å². The van der Waals surface area contributed by atoms with Crippen LogP contribution in [0.15, 0.2) is 0 Å². The number of hydrogen-bond acceptors (Lipinski definition) is 4. The van der Waals surface area contributed by atoms with Crippen LogP contribution in [-0.2, 0) is 9.53 Å². The predicted molar refractivity (Wildman–Crippen MR) is 57.1 cm³/mol. The Hall–Kier alpha value is -0.220. The molecule has 0 saturated carbocycles. The van der Waals surface area contributed by atoms with E-state index in [1.807, 2.05) is 6.92 Å². The summed E-state index contributed by atoms with van der Waals surface area (Å²) in [5, 5.41) is 3.07. The second-order valence-corrected chi connectivity index (χ2v) is 4.89. The fraction of sp³-hybridized carbons (Fsp3) is 0.889. The zero-order chi connectivity index (χ0) is 10.3. The van der Waals surface area contributed by atoms with Crippen LogP contribution < -0.4 is 5.32 Å². The molecule has 0 unspecified atom stereocenters. The molecule has 0 atom stereocenters. The van der Waals surface area contributed by atoms with Crippen LogP contribution in [0.5, 0.6) is 0 Å². The van der Waals surface area contributed by atoms with Gasteiger partial charge in [-0.05, 0) is 27.0 Å². The Morgan fingerprint density at radius 1 is 1.54 bits per heavy atom. The van der Waals surface area contributed by atoms with E-state index in [-0.39, 0.29) is 10.7 Å². The minimum absolute atomic E-state index is 0.173. The number of nitrogens with one attached hydrogen (secondary N) is 1. The molecule has 0 amide bonds. The Balaban J connectivity index is 3.50. The van der Waals surface area contributed by atoms with Crippen molar-refractivity contribution in [1.82, 2.24) is 5.32 Å². The topological polar surface area (TPSA) is 38.3 Å². The van der Waals surface area contributed by atoms with E-state index in [1.165, 1.54) is 0 Å². The molecule has 4 heteroatoms. The molecular weight excluding hydrogens is 186 g/mol. The summed E-state index contributed by atoms with van der Waals surface area (Å²) in [6.07, 6.45) is 2.06. The first-order valence-electron chi connectivity index (χ1n) is 4.43. The van der Waals surface area contributed by atoms with Gasteiger partial charge < -0.3 is 10.1 Å². The molecule has 0 aliphatic carbocycles. The number of carbonyl (C=O) groups is 1. The first-order valence-corrected chi connectivity index (χ1v) is 5.66. The summed E-state index contributed by atoms with van der Waals surface area (Å²) in [6.45, 7) is 7.65. The second-order valence-electron chi connectivity index (χ2n) is 3.37. The van der Waals surface area contributed by atoms with E-state index in [1.54, 1.807) is 11.8 Å². The Morgan fingerprint density at radius 3 is 2.62 bits per heavy atom. The molecule has 13 heavy (non-hydrogen) atoms. The highest BCUT2D eigenvalue weighted by atomic mass is 32.2. The van der Waals surface area contributed by atoms with Crippen molar-refractivity contribution < 1.29 is 9.53 Å². The van der Waals surface area contributed by atoms with Crippen molar-refractivity contribution in [1.29, 1.82) is 0 Å². The maximum atomic E-state index is 10.9. The van der Waals surface area contributed by atoms with Crippen molar-refractivity contribution in [3.8, 4) is 0 Å². The highest BCUT2D eigenvalue weighted by molar-refractivity contribution is 7.99. The summed E-state index contributed by atoms with van der Waals surface area (Å²) >= 11 is 1.78. The number of thioether (sulfide) groups is 1. The van der Waals surface area contributed by atoms with Crippen LogP contribution in [0.25, 0.3) is 0 Å². The van der Waals surface area contributed by atoms with Crippen LogP contribution in [-0.4, -0.2) is 36.7 Å². The van der Waals surface area contributed by atoms with E-state index >= 15 is 0 Å². The lowest BCUT2D eigenvalue weighted by atomic mass is 10.2. The van der Waals surface area contributed by atoms with E-state index < -0.39 is 0 Å². The van der Waals surface area contributed by atoms with Crippen molar-refractivity contribution in [2.75, 3.05) is 26.0 Å². The van der Waals surface area contributed by atoms with Crippen LogP contribution in [0.3, 0.4) is 0 Å². The molecule has 0 heterocycles. The van der Waals surface area contributed by atoms with Gasteiger partial charge in [0, 0.05) is 11.3 Å². The molecule has 0 bridgehead atoms. The average Bonchev–Trinajstić information content (AvgIpc) is 2.05. The molecule has 0 rings (SSSR count). The van der Waals surface area contributed by atoms with Crippen LogP contribution in [0, 0.1) is 0 Å². The van der Waals surface area contributed by atoms with Gasteiger partial charge in [-0.3, -0.25) is 4.79 Å². The molecule has 0 spiro atoms. The number of carbonyl (C=O) groups excluding carboxylic acids is 1. The number of ether oxygens (including phenoxy) is 1. The molecule has 0 aromatic carbocycles. The van der Waals surface area contributed by atoms with Gasteiger partial charge in [0.05, 0.1) is 13.2 Å². The van der Waals surface area contributed by atoms with Gasteiger partial charge in [0.25, 0.3) is 0 Å². The van der Waals surface area contributed by atoms with Gasteiger partial charge in [-0.25, -0.2) is 0 Å². The van der Waals surface area contributed by atoms with Crippen LogP contribution in [0.2, 0.25) is 0 Å². The van der Waals surface area contributed by atoms with E-state index in [0.717, 1.165) is 6.54 Å². The quantitative estimate of drug-likeness (QED) is 0.663. The van der Waals surface area contributed by atoms with Crippen LogP contribution in [0.1, 0.15) is 20.8 Å². The molecule has 0 aliphatic rings. The number of esters is 1. The normalized spacial score (nSPS) is 11.4. The van der Waals surface area contributed by atoms with Gasteiger partial charge in [-0.15, -0.1) is 0 Å². The van der Waals surface area contributed by atoms with Gasteiger partial charge in [0.1, 0.15) is 0 Å². The maximum absolute atomic E-state index is 10.9. The average molecular weight is 205 g/mol. The molecule has 0 aromatic heterocycles. The molecule has 1 N–H and O–H groups in total. The zero-order valence-corrected chi connectivity index (χ0v) is 9.66. The Bertz CT molecular complexity index is 160. The summed E-state index contributed by atoms with van der Waals surface area (Å²) in [5.74, 6) is -0.181. The van der Waals surface area contributed by atoms with E-state index in [0.29, 0.717) is 13.2 Å². The lowest BCUT2D eigenvalue weighted by Crippen LogP contribution is -2.35. The fourth-order valence-electron chi connectivity index (χ4n) is 0.750. The SMILES string of the molecule is CCOC(=O)CNCC(C)(C)SC. The summed E-state index contributed by atoms with van der Waals surface area (Å²) in [6, 6.07) is 0. The van der Waals surface area contributed by atoms with Gasteiger partial charge in [0.15, 0.2) is 0 Å². The summed E-state index contributed by atoms with van der Waals surface area (Å²) in [7, 11) is 0. The lowest BCUT2D eigenvalue weighted by molar-refractivity contribution is -0.141. The van der Waals surface area contributed by atoms with Crippen LogP contribution >= 0.6 is 11.8 Å². The van der Waals surface area contributed by atoms with Crippen molar-refractivity contribution in [3.63, 3.8) is 0 Å². The molecule has 0 aliphatic heterocycles. The Kier molecular flexibility index (Phi) is 6.16. The third-order valence-corrected chi connectivity index (χ3v) is 2.93. The van der Waals surface area contributed by atoms with Gasteiger partial charge in [-0.1, -0.05) is 0 Å². The monoisotopic (exact) mass is 205 g/mol. The van der Waals surface area contributed by atoms with Crippen molar-refractivity contribution in [2.45, 2.75) is 25.5 Å². The van der Waals surface area contributed by atoms with Crippen molar-refractivity contribution >= 4 is 17.7 Å². The van der Waals surface area contributed by atoms with E-state index in [4.69, 9.17) is 4.74 Å². The van der Waals surface area contributed by atoms with E-state index in [9.17, 15) is 4.79 Å². The number of hydrogen-bond donors (Lipinski definition) is 1. The molecule has 0 saturated heterocycles. The largest absolute Gasteiger partial charge is 0.465 e. The molecule has 78 valence electrons. The Morgan fingerprint density at radius 2 is 2.15 bits per heavy atom. The van der Waals surface area contributed by atoms with Gasteiger partial charge in [0.2, 0.25) is 0 Å². The summed E-state index contributed by atoms with van der Waals surface area (Å²) < 4.78 is 4.96. The minimum atomic E-state index is -0.181. The molecular formula is C9H19NO2S. The van der Waals surface area contributed by atoms with Crippen molar-refractivity contribution in [3.05, 3.63) is 0 Å². The lowest BCUT2D eigenvalue weighted by Gasteiger charge is -2.21. The van der Waals surface area contributed by atoms with Gasteiger partial charge in [-0.2, -0.15) is 11.8 Å². The molecule has 3 nitrogen and oxygen atoms in total. The standard InChI is InChI=1S/C9H19NO2S/c1-5-12-8(11)6-10-7-9(2,3)13-4/h10H,5-7H2,1-4H3. The third-order valence-electron chi connectivity index (χ3n) is 1.68. The molecule has 0 aromatic rings. The minimum Gasteiger partial charge on any atom is -0.465 e. The third kappa shape index (κ3) is 6.90. The molecule has 0 fully saturated rings. The maximum Gasteiger partial charge on any atom is 0.319 e. The molecule has 0 radical (unpaired) electrons. The zero-order valence-electron chi connectivity index (χ0n) is 8.85. The predicted octanol–water partition coefficient (Wildman–Crippen LogP) is 1.28. The first kappa shape index (κ1) is 12.8. The first-order chi connectivity index (χ1) is 6.02. The number of rotatable bonds is 6.